The summed E-state index contributed by atoms with van der Waals surface area (Å²) >= 11 is 4.46. The van der Waals surface area contributed by atoms with Crippen molar-refractivity contribution in [2.45, 2.75) is 33.6 Å². The second kappa shape index (κ2) is 7.57. The third kappa shape index (κ3) is 3.84. The summed E-state index contributed by atoms with van der Waals surface area (Å²) < 4.78 is 11.5. The molecule has 0 atom stereocenters. The van der Waals surface area contributed by atoms with E-state index in [-0.39, 0.29) is 5.41 Å². The predicted octanol–water partition coefficient (Wildman–Crippen LogP) is 4.20. The van der Waals surface area contributed by atoms with Gasteiger partial charge in [-0.25, -0.2) is 0 Å². The maximum Gasteiger partial charge on any atom is 0.161 e. The zero-order valence-corrected chi connectivity index (χ0v) is 12.5. The Labute approximate surface area is 116 Å². The predicted molar refractivity (Wildman–Crippen MR) is 80.0 cm³/mol. The Morgan fingerprint density at radius 1 is 1.00 bits per heavy atom. The number of para-hydroxylation sites is 2. The summed E-state index contributed by atoms with van der Waals surface area (Å²) in [5.74, 6) is 2.49. The van der Waals surface area contributed by atoms with Crippen LogP contribution in [0.5, 0.6) is 11.5 Å². The molecule has 18 heavy (non-hydrogen) atoms. The summed E-state index contributed by atoms with van der Waals surface area (Å²) in [6.45, 7) is 7.70. The van der Waals surface area contributed by atoms with Gasteiger partial charge in [0, 0.05) is 5.41 Å². The van der Waals surface area contributed by atoms with Crippen molar-refractivity contribution in [1.82, 2.24) is 0 Å². The number of thiol groups is 1. The molecule has 102 valence electrons. The van der Waals surface area contributed by atoms with Crippen molar-refractivity contribution in [1.29, 1.82) is 0 Å². The normalized spacial score (nSPS) is 11.3. The van der Waals surface area contributed by atoms with E-state index in [0.29, 0.717) is 13.2 Å². The monoisotopic (exact) mass is 268 g/mol. The van der Waals surface area contributed by atoms with Gasteiger partial charge in [-0.1, -0.05) is 26.0 Å². The number of hydrogen-bond donors (Lipinski definition) is 1. The quantitative estimate of drug-likeness (QED) is 0.712. The van der Waals surface area contributed by atoms with Gasteiger partial charge in [-0.05, 0) is 37.7 Å². The average Bonchev–Trinajstić information content (AvgIpc) is 2.43. The lowest BCUT2D eigenvalue weighted by Crippen LogP contribution is -2.29. The van der Waals surface area contributed by atoms with Crippen molar-refractivity contribution in [3.8, 4) is 11.5 Å². The van der Waals surface area contributed by atoms with Gasteiger partial charge in [0.1, 0.15) is 0 Å². The van der Waals surface area contributed by atoms with Crippen LogP contribution in [0.25, 0.3) is 0 Å². The number of benzene rings is 1. The van der Waals surface area contributed by atoms with Crippen LogP contribution in [0.15, 0.2) is 24.3 Å². The summed E-state index contributed by atoms with van der Waals surface area (Å²) in [6, 6.07) is 7.83. The first-order chi connectivity index (χ1) is 8.71. The fraction of sp³-hybridized carbons (Fsp3) is 0.600. The van der Waals surface area contributed by atoms with E-state index in [1.165, 1.54) is 0 Å². The second-order valence-electron chi connectivity index (χ2n) is 4.53. The highest BCUT2D eigenvalue weighted by Gasteiger charge is 2.25. The van der Waals surface area contributed by atoms with Gasteiger partial charge in [0.05, 0.1) is 13.2 Å². The van der Waals surface area contributed by atoms with Gasteiger partial charge in [0.15, 0.2) is 11.5 Å². The summed E-state index contributed by atoms with van der Waals surface area (Å²) in [5, 5.41) is 0. The van der Waals surface area contributed by atoms with E-state index in [1.54, 1.807) is 0 Å². The van der Waals surface area contributed by atoms with Gasteiger partial charge in [0.25, 0.3) is 0 Å². The first kappa shape index (κ1) is 15.2. The zero-order valence-electron chi connectivity index (χ0n) is 11.6. The Morgan fingerprint density at radius 2 is 1.56 bits per heavy atom. The molecule has 0 saturated heterocycles. The van der Waals surface area contributed by atoms with Crippen molar-refractivity contribution in [2.75, 3.05) is 19.0 Å². The van der Waals surface area contributed by atoms with Gasteiger partial charge >= 0.3 is 0 Å². The van der Waals surface area contributed by atoms with Crippen LogP contribution in [0.3, 0.4) is 0 Å². The molecule has 0 aliphatic heterocycles. The van der Waals surface area contributed by atoms with Crippen molar-refractivity contribution < 1.29 is 9.47 Å². The summed E-state index contributed by atoms with van der Waals surface area (Å²) in [7, 11) is 0. The molecule has 0 heterocycles. The van der Waals surface area contributed by atoms with Gasteiger partial charge in [-0.2, -0.15) is 12.6 Å². The topological polar surface area (TPSA) is 18.5 Å². The van der Waals surface area contributed by atoms with Crippen LogP contribution < -0.4 is 9.47 Å². The van der Waals surface area contributed by atoms with Crippen molar-refractivity contribution >= 4 is 12.6 Å². The van der Waals surface area contributed by atoms with E-state index >= 15 is 0 Å². The molecule has 0 aliphatic carbocycles. The van der Waals surface area contributed by atoms with Crippen LogP contribution in [0.1, 0.15) is 33.6 Å². The minimum Gasteiger partial charge on any atom is -0.490 e. The van der Waals surface area contributed by atoms with Gasteiger partial charge in [-0.15, -0.1) is 0 Å². The van der Waals surface area contributed by atoms with Gasteiger partial charge in [0.2, 0.25) is 0 Å². The van der Waals surface area contributed by atoms with Crippen LogP contribution in [-0.4, -0.2) is 19.0 Å². The highest BCUT2D eigenvalue weighted by Crippen LogP contribution is 2.32. The minimum atomic E-state index is 0.155. The third-order valence-electron chi connectivity index (χ3n) is 3.52. The number of hydrogen-bond acceptors (Lipinski definition) is 3. The van der Waals surface area contributed by atoms with E-state index in [0.717, 1.165) is 30.1 Å². The van der Waals surface area contributed by atoms with E-state index < -0.39 is 0 Å². The maximum absolute atomic E-state index is 5.95. The van der Waals surface area contributed by atoms with Crippen LogP contribution in [0, 0.1) is 5.41 Å². The molecule has 0 aromatic heterocycles. The maximum atomic E-state index is 5.95. The Kier molecular flexibility index (Phi) is 6.41. The Hall–Kier alpha value is -0.830. The second-order valence-corrected chi connectivity index (χ2v) is 4.85. The highest BCUT2D eigenvalue weighted by molar-refractivity contribution is 7.80. The van der Waals surface area contributed by atoms with Crippen molar-refractivity contribution in [2.24, 2.45) is 5.41 Å². The molecule has 0 fully saturated rings. The number of ether oxygens (including phenoxy) is 2. The summed E-state index contributed by atoms with van der Waals surface area (Å²) in [6.07, 6.45) is 2.15. The molecule has 1 rings (SSSR count). The first-order valence-electron chi connectivity index (χ1n) is 6.66. The van der Waals surface area contributed by atoms with Crippen molar-refractivity contribution in [3.05, 3.63) is 24.3 Å². The third-order valence-corrected chi connectivity index (χ3v) is 4.19. The Bertz CT molecular complexity index is 340. The largest absolute Gasteiger partial charge is 0.490 e. The van der Waals surface area contributed by atoms with Crippen molar-refractivity contribution in [3.63, 3.8) is 0 Å². The lowest BCUT2D eigenvalue weighted by Gasteiger charge is -2.29. The fourth-order valence-electron chi connectivity index (χ4n) is 1.80. The van der Waals surface area contributed by atoms with Crippen LogP contribution in [0.4, 0.5) is 0 Å². The van der Waals surface area contributed by atoms with E-state index in [2.05, 4.69) is 26.5 Å². The molecule has 2 nitrogen and oxygen atoms in total. The SMILES string of the molecule is CCOc1ccccc1OCC(CC)(CC)CS. The molecular weight excluding hydrogens is 244 g/mol. The smallest absolute Gasteiger partial charge is 0.161 e. The van der Waals surface area contributed by atoms with Gasteiger partial charge < -0.3 is 9.47 Å². The molecule has 0 bridgehead atoms. The Morgan fingerprint density at radius 3 is 2.00 bits per heavy atom. The molecular formula is C15H24O2S. The lowest BCUT2D eigenvalue weighted by atomic mass is 9.85. The molecule has 0 unspecified atom stereocenters. The molecule has 1 aromatic carbocycles. The van der Waals surface area contributed by atoms with Crippen LogP contribution >= 0.6 is 12.6 Å². The number of rotatable bonds is 8. The minimum absolute atomic E-state index is 0.155. The first-order valence-corrected chi connectivity index (χ1v) is 7.30. The van der Waals surface area contributed by atoms with E-state index in [1.807, 2.05) is 31.2 Å². The molecule has 3 heteroatoms. The zero-order chi connectivity index (χ0) is 13.4. The molecule has 0 aliphatic rings. The molecule has 1 aromatic rings. The lowest BCUT2D eigenvalue weighted by molar-refractivity contribution is 0.151. The van der Waals surface area contributed by atoms with Crippen LogP contribution in [-0.2, 0) is 0 Å². The summed E-state index contributed by atoms with van der Waals surface area (Å²) in [5.41, 5.74) is 0.155. The highest BCUT2D eigenvalue weighted by atomic mass is 32.1. The fourth-order valence-corrected chi connectivity index (χ4v) is 2.34. The summed E-state index contributed by atoms with van der Waals surface area (Å²) in [4.78, 5) is 0. The van der Waals surface area contributed by atoms with E-state index in [4.69, 9.17) is 9.47 Å². The van der Waals surface area contributed by atoms with Gasteiger partial charge in [-0.3, -0.25) is 0 Å². The molecule has 0 saturated carbocycles. The van der Waals surface area contributed by atoms with Crippen LogP contribution in [0.2, 0.25) is 0 Å². The molecule has 0 amide bonds. The Balaban J connectivity index is 2.72. The molecule has 0 N–H and O–H groups in total. The molecule has 0 spiro atoms. The molecule has 0 radical (unpaired) electrons. The standard InChI is InChI=1S/C15H24O2S/c1-4-15(5-2,12-18)11-17-14-10-8-7-9-13(14)16-6-3/h7-10,18H,4-6,11-12H2,1-3H3. The average molecular weight is 268 g/mol. The van der Waals surface area contributed by atoms with E-state index in [9.17, 15) is 0 Å².